The lowest BCUT2D eigenvalue weighted by Gasteiger charge is -2.25. The summed E-state index contributed by atoms with van der Waals surface area (Å²) in [5.41, 5.74) is 1.07. The number of sulfonamides is 1. The fourth-order valence-electron chi connectivity index (χ4n) is 2.40. The number of hydrogen-bond acceptors (Lipinski definition) is 3. The van der Waals surface area contributed by atoms with E-state index in [0.717, 1.165) is 18.4 Å². The molecule has 1 aromatic rings. The van der Waals surface area contributed by atoms with Crippen molar-refractivity contribution in [3.05, 3.63) is 29.8 Å². The third-order valence-corrected chi connectivity index (χ3v) is 5.00. The summed E-state index contributed by atoms with van der Waals surface area (Å²) >= 11 is 0. The lowest BCUT2D eigenvalue weighted by atomic mass is 9.96. The molecule has 3 N–H and O–H groups in total. The number of hydrogen-bond donors (Lipinski definition) is 2. The highest BCUT2D eigenvalue weighted by Gasteiger charge is 2.15. The van der Waals surface area contributed by atoms with Crippen LogP contribution in [0.3, 0.4) is 0 Å². The largest absolute Gasteiger partial charge is 0.307 e. The molecule has 0 spiro atoms. The van der Waals surface area contributed by atoms with E-state index in [1.807, 2.05) is 12.1 Å². The van der Waals surface area contributed by atoms with Crippen LogP contribution in [0.25, 0.3) is 0 Å². The average Bonchev–Trinajstić information content (AvgIpc) is 2.45. The van der Waals surface area contributed by atoms with E-state index in [1.54, 1.807) is 12.1 Å². The van der Waals surface area contributed by atoms with Crippen molar-refractivity contribution >= 4 is 10.0 Å². The summed E-state index contributed by atoms with van der Waals surface area (Å²) in [6.45, 7) is 8.78. The zero-order chi connectivity index (χ0) is 16.0. The Labute approximate surface area is 129 Å². The average molecular weight is 312 g/mol. The van der Waals surface area contributed by atoms with Crippen molar-refractivity contribution in [2.45, 2.75) is 63.9 Å². The number of primary sulfonamides is 1. The molecule has 0 saturated carbocycles. The molecule has 0 bridgehead atoms. The molecule has 0 fully saturated rings. The molecule has 0 saturated heterocycles. The molecule has 4 nitrogen and oxygen atoms in total. The van der Waals surface area contributed by atoms with Crippen LogP contribution in [-0.4, -0.2) is 14.5 Å². The summed E-state index contributed by atoms with van der Waals surface area (Å²) in [5, 5.41) is 8.74. The molecule has 0 aromatic heterocycles. The van der Waals surface area contributed by atoms with Gasteiger partial charge in [0.1, 0.15) is 0 Å². The maximum atomic E-state index is 11.3. The van der Waals surface area contributed by atoms with Gasteiger partial charge in [0, 0.05) is 12.1 Å². The molecule has 0 aliphatic heterocycles. The monoisotopic (exact) mass is 312 g/mol. The van der Waals surface area contributed by atoms with Gasteiger partial charge in [-0.05, 0) is 43.4 Å². The number of benzene rings is 1. The third-order valence-electron chi connectivity index (χ3n) is 4.07. The van der Waals surface area contributed by atoms with Crippen molar-refractivity contribution in [1.29, 1.82) is 0 Å². The van der Waals surface area contributed by atoms with Crippen LogP contribution in [-0.2, 0) is 10.0 Å². The standard InChI is InChI=1S/C16H28N2O2S/c1-5-12(3)11-15(6-2)18-13(4)14-7-9-16(10-8-14)21(17,19)20/h7-10,12-13,15,18H,5-6,11H2,1-4H3,(H2,17,19,20). The van der Waals surface area contributed by atoms with E-state index in [9.17, 15) is 8.42 Å². The maximum absolute atomic E-state index is 11.3. The second-order valence-corrected chi connectivity index (χ2v) is 7.42. The van der Waals surface area contributed by atoms with Gasteiger partial charge in [-0.1, -0.05) is 39.3 Å². The summed E-state index contributed by atoms with van der Waals surface area (Å²) in [5.74, 6) is 0.708. The molecular formula is C16H28N2O2S. The highest BCUT2D eigenvalue weighted by atomic mass is 32.2. The van der Waals surface area contributed by atoms with Gasteiger partial charge >= 0.3 is 0 Å². The van der Waals surface area contributed by atoms with Gasteiger partial charge in [-0.3, -0.25) is 0 Å². The summed E-state index contributed by atoms with van der Waals surface area (Å²) in [4.78, 5) is 0.157. The second-order valence-electron chi connectivity index (χ2n) is 5.86. The lowest BCUT2D eigenvalue weighted by Crippen LogP contribution is -2.32. The molecule has 0 amide bonds. The van der Waals surface area contributed by atoms with Gasteiger partial charge in [0.25, 0.3) is 0 Å². The zero-order valence-electron chi connectivity index (χ0n) is 13.5. The van der Waals surface area contributed by atoms with E-state index in [-0.39, 0.29) is 10.9 Å². The molecule has 120 valence electrons. The van der Waals surface area contributed by atoms with Gasteiger partial charge in [-0.25, -0.2) is 13.6 Å². The molecule has 3 unspecified atom stereocenters. The number of nitrogens with one attached hydrogen (secondary N) is 1. The number of rotatable bonds is 8. The summed E-state index contributed by atoms with van der Waals surface area (Å²) < 4.78 is 22.5. The fraction of sp³-hybridized carbons (Fsp3) is 0.625. The van der Waals surface area contributed by atoms with Crippen LogP contribution in [0.15, 0.2) is 29.2 Å². The molecule has 21 heavy (non-hydrogen) atoms. The van der Waals surface area contributed by atoms with E-state index in [2.05, 4.69) is 33.0 Å². The predicted molar refractivity (Wildman–Crippen MR) is 87.5 cm³/mol. The van der Waals surface area contributed by atoms with Gasteiger partial charge in [0.15, 0.2) is 0 Å². The van der Waals surface area contributed by atoms with Crippen molar-refractivity contribution in [1.82, 2.24) is 5.32 Å². The zero-order valence-corrected chi connectivity index (χ0v) is 14.3. The van der Waals surface area contributed by atoms with E-state index in [4.69, 9.17) is 5.14 Å². The van der Waals surface area contributed by atoms with Crippen molar-refractivity contribution in [3.63, 3.8) is 0 Å². The van der Waals surface area contributed by atoms with Crippen molar-refractivity contribution in [2.75, 3.05) is 0 Å². The van der Waals surface area contributed by atoms with Crippen LogP contribution in [0.2, 0.25) is 0 Å². The van der Waals surface area contributed by atoms with Crippen molar-refractivity contribution in [3.8, 4) is 0 Å². The van der Waals surface area contributed by atoms with Gasteiger partial charge in [-0.2, -0.15) is 0 Å². The normalized spacial score (nSPS) is 16.4. The Morgan fingerprint density at radius 1 is 1.10 bits per heavy atom. The Balaban J connectivity index is 2.72. The van der Waals surface area contributed by atoms with E-state index in [0.29, 0.717) is 12.0 Å². The molecule has 1 rings (SSSR count). The first-order chi connectivity index (χ1) is 9.77. The van der Waals surface area contributed by atoms with Crippen LogP contribution in [0.1, 0.15) is 58.6 Å². The molecule has 5 heteroatoms. The van der Waals surface area contributed by atoms with Crippen LogP contribution in [0, 0.1) is 5.92 Å². The van der Waals surface area contributed by atoms with Crippen LogP contribution >= 0.6 is 0 Å². The predicted octanol–water partition coefficient (Wildman–Crippen LogP) is 3.20. The minimum atomic E-state index is -3.61. The van der Waals surface area contributed by atoms with E-state index < -0.39 is 10.0 Å². The third kappa shape index (κ3) is 5.77. The summed E-state index contributed by atoms with van der Waals surface area (Å²) in [6.07, 6.45) is 3.44. The van der Waals surface area contributed by atoms with Gasteiger partial charge < -0.3 is 5.32 Å². The van der Waals surface area contributed by atoms with Gasteiger partial charge in [0.05, 0.1) is 4.90 Å². The van der Waals surface area contributed by atoms with Gasteiger partial charge in [-0.15, -0.1) is 0 Å². The minimum absolute atomic E-state index is 0.157. The molecule has 0 heterocycles. The SMILES string of the molecule is CCC(C)CC(CC)NC(C)c1ccc(S(N)(=O)=O)cc1. The fourth-order valence-corrected chi connectivity index (χ4v) is 2.92. The van der Waals surface area contributed by atoms with Crippen LogP contribution in [0.4, 0.5) is 0 Å². The molecule has 0 aliphatic rings. The van der Waals surface area contributed by atoms with Crippen LogP contribution in [0.5, 0.6) is 0 Å². The van der Waals surface area contributed by atoms with Crippen molar-refractivity contribution < 1.29 is 8.42 Å². The lowest BCUT2D eigenvalue weighted by molar-refractivity contribution is 0.359. The molecule has 3 atom stereocenters. The number of nitrogens with two attached hydrogens (primary N) is 1. The molecule has 1 aromatic carbocycles. The Morgan fingerprint density at radius 2 is 1.67 bits per heavy atom. The van der Waals surface area contributed by atoms with E-state index in [1.165, 1.54) is 6.42 Å². The highest BCUT2D eigenvalue weighted by Crippen LogP contribution is 2.19. The summed E-state index contributed by atoms with van der Waals surface area (Å²) in [6, 6.07) is 7.46. The first-order valence-electron chi connectivity index (χ1n) is 7.66. The second kappa shape index (κ2) is 7.92. The topological polar surface area (TPSA) is 72.2 Å². The summed E-state index contributed by atoms with van der Waals surface area (Å²) in [7, 11) is -3.61. The molecule has 0 aliphatic carbocycles. The maximum Gasteiger partial charge on any atom is 0.238 e. The molecular weight excluding hydrogens is 284 g/mol. The smallest absolute Gasteiger partial charge is 0.238 e. The Morgan fingerprint density at radius 3 is 2.10 bits per heavy atom. The van der Waals surface area contributed by atoms with E-state index >= 15 is 0 Å². The first-order valence-corrected chi connectivity index (χ1v) is 9.21. The van der Waals surface area contributed by atoms with Crippen molar-refractivity contribution in [2.24, 2.45) is 11.1 Å². The van der Waals surface area contributed by atoms with Crippen LogP contribution < -0.4 is 10.5 Å². The highest BCUT2D eigenvalue weighted by molar-refractivity contribution is 7.89. The Bertz CT molecular complexity index is 526. The Kier molecular flexibility index (Phi) is 6.84. The quantitative estimate of drug-likeness (QED) is 0.774. The molecule has 0 radical (unpaired) electrons. The minimum Gasteiger partial charge on any atom is -0.307 e. The van der Waals surface area contributed by atoms with Gasteiger partial charge in [0.2, 0.25) is 10.0 Å². The Hall–Kier alpha value is -0.910. The first kappa shape index (κ1) is 18.1.